The van der Waals surface area contributed by atoms with Crippen LogP contribution in [0.25, 0.3) is 6.08 Å². The van der Waals surface area contributed by atoms with Crippen LogP contribution in [0.15, 0.2) is 29.8 Å². The van der Waals surface area contributed by atoms with Gasteiger partial charge in [-0.3, -0.25) is 0 Å². The van der Waals surface area contributed by atoms with Crippen LogP contribution in [0.4, 0.5) is 13.2 Å². The van der Waals surface area contributed by atoms with Crippen LogP contribution < -0.4 is 0 Å². The van der Waals surface area contributed by atoms with Crippen molar-refractivity contribution in [3.63, 3.8) is 0 Å². The molecule has 1 aromatic carbocycles. The van der Waals surface area contributed by atoms with E-state index in [0.29, 0.717) is 23.7 Å². The van der Waals surface area contributed by atoms with Crippen LogP contribution in [-0.2, 0) is 6.18 Å². The van der Waals surface area contributed by atoms with Crippen molar-refractivity contribution in [2.75, 3.05) is 0 Å². The Bertz CT molecular complexity index is 891. The molecule has 2 nitrogen and oxygen atoms in total. The van der Waals surface area contributed by atoms with E-state index in [1.807, 2.05) is 6.08 Å². The van der Waals surface area contributed by atoms with E-state index in [1.165, 1.54) is 12.1 Å². The molecule has 5 rings (SSSR count). The van der Waals surface area contributed by atoms with Crippen molar-refractivity contribution in [2.45, 2.75) is 83.6 Å². The van der Waals surface area contributed by atoms with E-state index in [4.69, 9.17) is 0 Å². The molecule has 1 aromatic rings. The van der Waals surface area contributed by atoms with Gasteiger partial charge in [0.15, 0.2) is 0 Å². The molecule has 0 aromatic heterocycles. The first-order valence-electron chi connectivity index (χ1n) is 12.3. The van der Waals surface area contributed by atoms with E-state index in [2.05, 4.69) is 13.8 Å². The number of hydrogen-bond acceptors (Lipinski definition) is 2. The number of halogens is 3. The molecule has 4 saturated carbocycles. The third-order valence-electron chi connectivity index (χ3n) is 10.1. The molecule has 0 aliphatic heterocycles. The minimum Gasteiger partial charge on any atom is -0.393 e. The van der Waals surface area contributed by atoms with Gasteiger partial charge in [-0.15, -0.1) is 0 Å². The quantitative estimate of drug-likeness (QED) is 0.517. The maximum Gasteiger partial charge on any atom is 0.416 e. The smallest absolute Gasteiger partial charge is 0.393 e. The normalized spacial score (nSPS) is 45.3. The SMILES string of the molecule is CC12CCC(O)CC1CCC1C2CCC2(C)C(O)/C(=C/c3ccc(C(F)(F)F)cc3)CC12. The molecule has 0 bridgehead atoms. The van der Waals surface area contributed by atoms with Crippen LogP contribution in [0, 0.1) is 34.5 Å². The third-order valence-corrected chi connectivity index (χ3v) is 10.1. The Kier molecular flexibility index (Phi) is 5.33. The summed E-state index contributed by atoms with van der Waals surface area (Å²) in [6.07, 6.45) is 5.13. The minimum absolute atomic E-state index is 0.148. The summed E-state index contributed by atoms with van der Waals surface area (Å²) >= 11 is 0. The lowest BCUT2D eigenvalue weighted by atomic mass is 9.45. The molecule has 4 fully saturated rings. The van der Waals surface area contributed by atoms with Gasteiger partial charge in [0.1, 0.15) is 0 Å². The zero-order valence-electron chi connectivity index (χ0n) is 19.0. The molecule has 8 atom stereocenters. The lowest BCUT2D eigenvalue weighted by Gasteiger charge is -2.60. The summed E-state index contributed by atoms with van der Waals surface area (Å²) in [4.78, 5) is 0. The van der Waals surface area contributed by atoms with Crippen molar-refractivity contribution in [2.24, 2.45) is 34.5 Å². The molecule has 4 aliphatic carbocycles. The van der Waals surface area contributed by atoms with E-state index < -0.39 is 17.8 Å². The standard InChI is InChI=1S/C27H35F3O2/c1-25-11-9-20(31)15-19(25)7-8-21-22(25)10-12-26(2)23(21)14-17(24(26)32)13-16-3-5-18(6-4-16)27(28,29)30/h3-6,13,19-24,31-32H,7-12,14-15H2,1-2H3/b17-13+. The van der Waals surface area contributed by atoms with Crippen LogP contribution in [0.1, 0.15) is 76.3 Å². The molecule has 4 aliphatic rings. The Morgan fingerprint density at radius 2 is 1.59 bits per heavy atom. The number of hydrogen-bond donors (Lipinski definition) is 2. The van der Waals surface area contributed by atoms with Gasteiger partial charge in [0, 0.05) is 5.41 Å². The fourth-order valence-corrected chi connectivity index (χ4v) is 8.22. The fraction of sp³-hybridized carbons (Fsp3) is 0.704. The molecule has 0 amide bonds. The van der Waals surface area contributed by atoms with Gasteiger partial charge in [-0.25, -0.2) is 0 Å². The Balaban J connectivity index is 1.40. The average Bonchev–Trinajstić information content (AvgIpc) is 2.99. The summed E-state index contributed by atoms with van der Waals surface area (Å²) in [6.45, 7) is 4.68. The van der Waals surface area contributed by atoms with E-state index in [-0.39, 0.29) is 16.9 Å². The molecular weight excluding hydrogens is 413 g/mol. The Morgan fingerprint density at radius 3 is 2.28 bits per heavy atom. The Labute approximate surface area is 188 Å². The molecular formula is C27H35F3O2. The highest BCUT2D eigenvalue weighted by atomic mass is 19.4. The van der Waals surface area contributed by atoms with Crippen LogP contribution in [0.2, 0.25) is 0 Å². The van der Waals surface area contributed by atoms with Crippen LogP contribution in [-0.4, -0.2) is 22.4 Å². The van der Waals surface area contributed by atoms with E-state index in [9.17, 15) is 23.4 Å². The highest BCUT2D eigenvalue weighted by Crippen LogP contribution is 2.67. The van der Waals surface area contributed by atoms with Gasteiger partial charge in [0.05, 0.1) is 17.8 Å². The third kappa shape index (κ3) is 3.46. The minimum atomic E-state index is -4.33. The molecule has 0 saturated heterocycles. The van der Waals surface area contributed by atoms with Crippen molar-refractivity contribution >= 4 is 6.08 Å². The van der Waals surface area contributed by atoms with Gasteiger partial charge in [0.2, 0.25) is 0 Å². The summed E-state index contributed by atoms with van der Waals surface area (Å²) in [6, 6.07) is 5.26. The zero-order chi connectivity index (χ0) is 22.9. The Hall–Kier alpha value is -1.33. The second-order valence-electron chi connectivity index (χ2n) is 11.6. The van der Waals surface area contributed by atoms with Gasteiger partial charge < -0.3 is 10.2 Å². The molecule has 0 radical (unpaired) electrons. The lowest BCUT2D eigenvalue weighted by Crippen LogP contribution is -2.54. The molecule has 8 unspecified atom stereocenters. The summed E-state index contributed by atoms with van der Waals surface area (Å²) in [5, 5.41) is 21.5. The number of rotatable bonds is 1. The van der Waals surface area contributed by atoms with Crippen molar-refractivity contribution in [1.82, 2.24) is 0 Å². The number of benzene rings is 1. The summed E-state index contributed by atoms with van der Waals surface area (Å²) in [5.41, 5.74) is 1.19. The number of aliphatic hydroxyl groups excluding tert-OH is 2. The summed E-state index contributed by atoms with van der Waals surface area (Å²) in [7, 11) is 0. The van der Waals surface area contributed by atoms with E-state index in [1.54, 1.807) is 0 Å². The summed E-state index contributed by atoms with van der Waals surface area (Å²) in [5.74, 6) is 2.25. The maximum atomic E-state index is 12.9. The fourth-order valence-electron chi connectivity index (χ4n) is 8.22. The van der Waals surface area contributed by atoms with Gasteiger partial charge in [0.25, 0.3) is 0 Å². The highest BCUT2D eigenvalue weighted by Gasteiger charge is 2.61. The van der Waals surface area contributed by atoms with Gasteiger partial charge in [-0.05, 0) is 104 Å². The predicted octanol–water partition coefficient (Wildman–Crippen LogP) is 6.46. The molecule has 0 spiro atoms. The molecule has 176 valence electrons. The van der Waals surface area contributed by atoms with Crippen LogP contribution in [0.3, 0.4) is 0 Å². The first-order chi connectivity index (χ1) is 15.0. The first kappa shape index (κ1) is 22.5. The number of fused-ring (bicyclic) bond motifs is 5. The van der Waals surface area contributed by atoms with E-state index in [0.717, 1.165) is 74.6 Å². The van der Waals surface area contributed by atoms with Crippen molar-refractivity contribution in [3.05, 3.63) is 41.0 Å². The molecule has 32 heavy (non-hydrogen) atoms. The van der Waals surface area contributed by atoms with Gasteiger partial charge in [-0.2, -0.15) is 13.2 Å². The molecule has 2 N–H and O–H groups in total. The Morgan fingerprint density at radius 1 is 0.906 bits per heavy atom. The van der Waals surface area contributed by atoms with Crippen molar-refractivity contribution < 1.29 is 23.4 Å². The number of alkyl halides is 3. The van der Waals surface area contributed by atoms with Crippen molar-refractivity contribution in [3.8, 4) is 0 Å². The summed E-state index contributed by atoms with van der Waals surface area (Å²) < 4.78 is 38.7. The zero-order valence-corrected chi connectivity index (χ0v) is 19.0. The van der Waals surface area contributed by atoms with Gasteiger partial charge in [-0.1, -0.05) is 32.1 Å². The maximum absolute atomic E-state index is 12.9. The van der Waals surface area contributed by atoms with Crippen LogP contribution >= 0.6 is 0 Å². The number of aliphatic hydroxyl groups is 2. The second-order valence-corrected chi connectivity index (χ2v) is 11.6. The van der Waals surface area contributed by atoms with Gasteiger partial charge >= 0.3 is 6.18 Å². The first-order valence-corrected chi connectivity index (χ1v) is 12.3. The lowest BCUT2D eigenvalue weighted by molar-refractivity contribution is -0.137. The molecule has 0 heterocycles. The monoisotopic (exact) mass is 448 g/mol. The molecule has 5 heteroatoms. The predicted molar refractivity (Wildman–Crippen MR) is 119 cm³/mol. The largest absolute Gasteiger partial charge is 0.416 e. The topological polar surface area (TPSA) is 40.5 Å². The van der Waals surface area contributed by atoms with Crippen molar-refractivity contribution in [1.29, 1.82) is 0 Å². The second kappa shape index (κ2) is 7.59. The van der Waals surface area contributed by atoms with E-state index >= 15 is 0 Å². The average molecular weight is 449 g/mol. The van der Waals surface area contributed by atoms with Crippen LogP contribution in [0.5, 0.6) is 0 Å². The highest BCUT2D eigenvalue weighted by molar-refractivity contribution is 5.56.